The zero-order valence-electron chi connectivity index (χ0n) is 9.75. The van der Waals surface area contributed by atoms with Crippen molar-refractivity contribution in [2.45, 2.75) is 51.6 Å². The molecular weight excluding hydrogens is 188 g/mol. The van der Waals surface area contributed by atoms with E-state index in [0.717, 1.165) is 19.4 Å². The molecule has 2 N–H and O–H groups in total. The molecule has 1 heterocycles. The highest BCUT2D eigenvalue weighted by molar-refractivity contribution is 5.80. The first-order chi connectivity index (χ1) is 7.16. The van der Waals surface area contributed by atoms with Gasteiger partial charge in [-0.2, -0.15) is 0 Å². The van der Waals surface area contributed by atoms with Crippen molar-refractivity contribution in [3.63, 3.8) is 0 Å². The second-order valence-corrected chi connectivity index (χ2v) is 5.38. The molecule has 0 bridgehead atoms. The van der Waals surface area contributed by atoms with Gasteiger partial charge in [0.1, 0.15) is 0 Å². The molecule has 3 nitrogen and oxygen atoms in total. The fourth-order valence-corrected chi connectivity index (χ4v) is 2.91. The summed E-state index contributed by atoms with van der Waals surface area (Å²) >= 11 is 0. The summed E-state index contributed by atoms with van der Waals surface area (Å²) in [6, 6.07) is 0.915. The number of carbonyl (C=O) groups is 1. The average Bonchev–Trinajstić information content (AvgIpc) is 2.56. The quantitative estimate of drug-likeness (QED) is 0.721. The Bertz CT molecular complexity index is 240. The Balaban J connectivity index is 1.98. The average molecular weight is 210 g/mol. The number of rotatable bonds is 2. The Labute approximate surface area is 92.0 Å². The molecule has 2 fully saturated rings. The smallest absolute Gasteiger partial charge is 0.224 e. The Morgan fingerprint density at radius 1 is 1.40 bits per heavy atom. The monoisotopic (exact) mass is 210 g/mol. The van der Waals surface area contributed by atoms with Crippen molar-refractivity contribution in [1.29, 1.82) is 0 Å². The summed E-state index contributed by atoms with van der Waals surface area (Å²) in [6.07, 6.45) is 4.60. The molecule has 0 spiro atoms. The molecule has 86 valence electrons. The first-order valence-corrected chi connectivity index (χ1v) is 6.20. The van der Waals surface area contributed by atoms with Crippen LogP contribution < -0.4 is 10.6 Å². The van der Waals surface area contributed by atoms with Gasteiger partial charge in [0, 0.05) is 18.6 Å². The largest absolute Gasteiger partial charge is 0.354 e. The third-order valence-electron chi connectivity index (χ3n) is 3.58. The summed E-state index contributed by atoms with van der Waals surface area (Å²) in [5.74, 6) is 1.20. The lowest BCUT2D eigenvalue weighted by molar-refractivity contribution is -0.124. The van der Waals surface area contributed by atoms with Gasteiger partial charge in [-0.1, -0.05) is 20.3 Å². The van der Waals surface area contributed by atoms with Crippen LogP contribution in [0.4, 0.5) is 0 Å². The van der Waals surface area contributed by atoms with Gasteiger partial charge >= 0.3 is 0 Å². The van der Waals surface area contributed by atoms with Crippen LogP contribution in [0.3, 0.4) is 0 Å². The van der Waals surface area contributed by atoms with Crippen molar-refractivity contribution in [3.05, 3.63) is 0 Å². The van der Waals surface area contributed by atoms with Gasteiger partial charge in [-0.15, -0.1) is 0 Å². The Hall–Kier alpha value is -0.570. The number of amides is 1. The zero-order chi connectivity index (χ0) is 10.8. The topological polar surface area (TPSA) is 41.1 Å². The van der Waals surface area contributed by atoms with E-state index in [1.807, 2.05) is 0 Å². The van der Waals surface area contributed by atoms with E-state index in [-0.39, 0.29) is 11.8 Å². The minimum Gasteiger partial charge on any atom is -0.354 e. The summed E-state index contributed by atoms with van der Waals surface area (Å²) in [5, 5.41) is 6.73. The second-order valence-electron chi connectivity index (χ2n) is 5.38. The van der Waals surface area contributed by atoms with Crippen LogP contribution in [0, 0.1) is 11.8 Å². The van der Waals surface area contributed by atoms with Crippen LogP contribution in [-0.2, 0) is 4.79 Å². The van der Waals surface area contributed by atoms with Gasteiger partial charge in [-0.25, -0.2) is 0 Å². The van der Waals surface area contributed by atoms with E-state index in [0.29, 0.717) is 18.0 Å². The van der Waals surface area contributed by atoms with Crippen LogP contribution in [-0.4, -0.2) is 24.5 Å². The molecule has 3 heteroatoms. The van der Waals surface area contributed by atoms with E-state index < -0.39 is 0 Å². The van der Waals surface area contributed by atoms with Gasteiger partial charge in [0.25, 0.3) is 0 Å². The predicted octanol–water partition coefficient (Wildman–Crippen LogP) is 1.29. The van der Waals surface area contributed by atoms with Crippen LogP contribution in [0.2, 0.25) is 0 Å². The van der Waals surface area contributed by atoms with E-state index in [9.17, 15) is 4.79 Å². The van der Waals surface area contributed by atoms with Crippen molar-refractivity contribution in [1.82, 2.24) is 10.6 Å². The number of nitrogens with one attached hydrogen (secondary N) is 2. The highest BCUT2D eigenvalue weighted by atomic mass is 16.2. The fraction of sp³-hybridized carbons (Fsp3) is 0.917. The normalized spacial score (nSPS) is 36.2. The van der Waals surface area contributed by atoms with Crippen molar-refractivity contribution in [2.24, 2.45) is 11.8 Å². The van der Waals surface area contributed by atoms with Crippen molar-refractivity contribution >= 4 is 5.91 Å². The molecule has 0 radical (unpaired) electrons. The maximum absolute atomic E-state index is 11.8. The van der Waals surface area contributed by atoms with Crippen molar-refractivity contribution in [3.8, 4) is 0 Å². The molecule has 0 aromatic carbocycles. The summed E-state index contributed by atoms with van der Waals surface area (Å²) in [4.78, 5) is 11.8. The number of hydrogen-bond donors (Lipinski definition) is 2. The number of hydrogen-bond acceptors (Lipinski definition) is 2. The highest BCUT2D eigenvalue weighted by Crippen LogP contribution is 2.28. The van der Waals surface area contributed by atoms with Crippen molar-refractivity contribution in [2.75, 3.05) is 6.54 Å². The van der Waals surface area contributed by atoms with Crippen LogP contribution >= 0.6 is 0 Å². The lowest BCUT2D eigenvalue weighted by Gasteiger charge is -2.22. The summed E-state index contributed by atoms with van der Waals surface area (Å²) in [6.45, 7) is 5.28. The molecule has 0 aromatic heterocycles. The van der Waals surface area contributed by atoms with E-state index >= 15 is 0 Å². The SMILES string of the molecule is CC(C)CC1CNC(=O)C2CCCC2N1. The minimum absolute atomic E-state index is 0.238. The summed E-state index contributed by atoms with van der Waals surface area (Å²) in [7, 11) is 0. The lowest BCUT2D eigenvalue weighted by atomic mass is 10.0. The number of carbonyl (C=O) groups excluding carboxylic acids is 1. The van der Waals surface area contributed by atoms with E-state index in [1.54, 1.807) is 0 Å². The Kier molecular flexibility index (Phi) is 3.29. The third-order valence-corrected chi connectivity index (χ3v) is 3.58. The van der Waals surface area contributed by atoms with Gasteiger partial charge in [-0.3, -0.25) is 4.79 Å². The molecule has 2 rings (SSSR count). The minimum atomic E-state index is 0.238. The predicted molar refractivity (Wildman–Crippen MR) is 60.5 cm³/mol. The molecular formula is C12H22N2O. The first-order valence-electron chi connectivity index (χ1n) is 6.20. The highest BCUT2D eigenvalue weighted by Gasteiger charge is 2.36. The molecule has 3 atom stereocenters. The second kappa shape index (κ2) is 4.52. The van der Waals surface area contributed by atoms with Gasteiger partial charge in [0.15, 0.2) is 0 Å². The maximum atomic E-state index is 11.8. The standard InChI is InChI=1S/C12H22N2O/c1-8(2)6-9-7-13-12(15)10-4-3-5-11(10)14-9/h8-11,14H,3-7H2,1-2H3,(H,13,15). The molecule has 1 amide bonds. The molecule has 1 saturated heterocycles. The van der Waals surface area contributed by atoms with Gasteiger partial charge in [0.2, 0.25) is 5.91 Å². The first kappa shape index (κ1) is 10.9. The summed E-state index contributed by atoms with van der Waals surface area (Å²) in [5.41, 5.74) is 0. The molecule has 1 aliphatic heterocycles. The third kappa shape index (κ3) is 2.51. The van der Waals surface area contributed by atoms with Gasteiger partial charge in [-0.05, 0) is 25.2 Å². The molecule has 2 aliphatic rings. The van der Waals surface area contributed by atoms with E-state index in [2.05, 4.69) is 24.5 Å². The van der Waals surface area contributed by atoms with E-state index in [4.69, 9.17) is 0 Å². The van der Waals surface area contributed by atoms with Crippen molar-refractivity contribution < 1.29 is 4.79 Å². The zero-order valence-corrected chi connectivity index (χ0v) is 9.75. The van der Waals surface area contributed by atoms with Crippen LogP contribution in [0.5, 0.6) is 0 Å². The van der Waals surface area contributed by atoms with Crippen LogP contribution in [0.15, 0.2) is 0 Å². The summed E-state index contributed by atoms with van der Waals surface area (Å²) < 4.78 is 0. The van der Waals surface area contributed by atoms with Gasteiger partial charge in [0.05, 0.1) is 5.92 Å². The van der Waals surface area contributed by atoms with Crippen LogP contribution in [0.1, 0.15) is 39.5 Å². The molecule has 3 unspecified atom stereocenters. The molecule has 0 aromatic rings. The molecule has 15 heavy (non-hydrogen) atoms. The maximum Gasteiger partial charge on any atom is 0.224 e. The Morgan fingerprint density at radius 3 is 2.93 bits per heavy atom. The molecule has 1 aliphatic carbocycles. The Morgan fingerprint density at radius 2 is 2.20 bits per heavy atom. The van der Waals surface area contributed by atoms with E-state index in [1.165, 1.54) is 12.8 Å². The lowest BCUT2D eigenvalue weighted by Crippen LogP contribution is -2.41. The number of fused-ring (bicyclic) bond motifs is 1. The van der Waals surface area contributed by atoms with Gasteiger partial charge < -0.3 is 10.6 Å². The fourth-order valence-electron chi connectivity index (χ4n) is 2.91. The molecule has 1 saturated carbocycles. The van der Waals surface area contributed by atoms with Crippen LogP contribution in [0.25, 0.3) is 0 Å².